The van der Waals surface area contributed by atoms with E-state index < -0.39 is 0 Å². The molecule has 7 heteroatoms. The Morgan fingerprint density at radius 1 is 1.21 bits per heavy atom. The van der Waals surface area contributed by atoms with E-state index in [0.29, 0.717) is 18.7 Å². The number of benzene rings is 1. The molecule has 1 saturated heterocycles. The lowest BCUT2D eigenvalue weighted by atomic mass is 10.0. The molecule has 1 fully saturated rings. The Morgan fingerprint density at radius 2 is 2.03 bits per heavy atom. The van der Waals surface area contributed by atoms with E-state index in [9.17, 15) is 9.59 Å². The average Bonchev–Trinajstić information content (AvgIpc) is 3.19. The maximum absolute atomic E-state index is 12.7. The molecule has 2 aromatic rings. The van der Waals surface area contributed by atoms with Gasteiger partial charge in [-0.25, -0.2) is 0 Å². The number of likely N-dealkylation sites (tertiary alicyclic amines) is 1. The highest BCUT2D eigenvalue weighted by Crippen LogP contribution is 2.19. The van der Waals surface area contributed by atoms with Crippen LogP contribution in [0.4, 0.5) is 0 Å². The number of amides is 2. The van der Waals surface area contributed by atoms with Gasteiger partial charge < -0.3 is 25.3 Å². The molecule has 3 N–H and O–H groups in total. The first kappa shape index (κ1) is 20.9. The first-order valence-electron chi connectivity index (χ1n) is 10.1. The van der Waals surface area contributed by atoms with Crippen molar-refractivity contribution in [2.24, 2.45) is 5.92 Å². The summed E-state index contributed by atoms with van der Waals surface area (Å²) in [6, 6.07) is 9.65. The van der Waals surface area contributed by atoms with Gasteiger partial charge in [-0.2, -0.15) is 0 Å². The van der Waals surface area contributed by atoms with Gasteiger partial charge in [0.2, 0.25) is 5.91 Å². The zero-order chi connectivity index (χ0) is 20.6. The smallest absolute Gasteiger partial charge is 0.253 e. The van der Waals surface area contributed by atoms with E-state index in [1.165, 1.54) is 0 Å². The van der Waals surface area contributed by atoms with Crippen LogP contribution in [-0.2, 0) is 11.2 Å². The van der Waals surface area contributed by atoms with Gasteiger partial charge in [-0.05, 0) is 44.0 Å². The molecule has 0 saturated carbocycles. The molecule has 2 heterocycles. The minimum Gasteiger partial charge on any atom is -0.496 e. The van der Waals surface area contributed by atoms with Crippen LogP contribution in [0.5, 0.6) is 5.75 Å². The molecule has 3 rings (SSSR count). The molecule has 7 nitrogen and oxygen atoms in total. The second kappa shape index (κ2) is 10.1. The second-order valence-corrected chi connectivity index (χ2v) is 7.62. The topological polar surface area (TPSA) is 86.5 Å². The minimum atomic E-state index is -0.0793. The van der Waals surface area contributed by atoms with Crippen LogP contribution in [-0.4, -0.2) is 61.5 Å². The van der Waals surface area contributed by atoms with E-state index in [-0.39, 0.29) is 23.8 Å². The number of aromatic nitrogens is 1. The molecule has 0 spiro atoms. The number of rotatable bonds is 7. The van der Waals surface area contributed by atoms with E-state index >= 15 is 0 Å². The highest BCUT2D eigenvalue weighted by molar-refractivity contribution is 5.94. The predicted octanol–water partition coefficient (Wildman–Crippen LogP) is 1.82. The maximum Gasteiger partial charge on any atom is 0.253 e. The molecule has 1 aromatic heterocycles. The van der Waals surface area contributed by atoms with Crippen molar-refractivity contribution in [3.05, 3.63) is 53.9 Å². The monoisotopic (exact) mass is 398 g/mol. The summed E-state index contributed by atoms with van der Waals surface area (Å²) in [6.45, 7) is 2.01. The third-order valence-electron chi connectivity index (χ3n) is 5.38. The van der Waals surface area contributed by atoms with Crippen LogP contribution in [0.15, 0.2) is 42.7 Å². The lowest BCUT2D eigenvalue weighted by Gasteiger charge is -2.21. The molecule has 156 valence electrons. The van der Waals surface area contributed by atoms with Crippen LogP contribution < -0.4 is 15.4 Å². The van der Waals surface area contributed by atoms with E-state index in [1.54, 1.807) is 25.6 Å². The SMILES string of the molecule is COc1ccccc1CCNC(=O)[C@@H]1CC[C@H](NC(=O)c2cc[nH]c2)CN(C)C1. The summed E-state index contributed by atoms with van der Waals surface area (Å²) < 4.78 is 5.36. The number of hydrogen-bond acceptors (Lipinski definition) is 4. The van der Waals surface area contributed by atoms with E-state index in [1.807, 2.05) is 31.3 Å². The third kappa shape index (κ3) is 5.84. The fraction of sp³-hybridized carbons (Fsp3) is 0.455. The molecule has 29 heavy (non-hydrogen) atoms. The number of nitrogens with zero attached hydrogens (tertiary/aromatic N) is 1. The molecular weight excluding hydrogens is 368 g/mol. The van der Waals surface area contributed by atoms with Gasteiger partial charge in [0.25, 0.3) is 5.91 Å². The lowest BCUT2D eigenvalue weighted by Crippen LogP contribution is -2.42. The zero-order valence-electron chi connectivity index (χ0n) is 17.1. The number of methoxy groups -OCH3 is 1. The van der Waals surface area contributed by atoms with E-state index in [4.69, 9.17) is 4.74 Å². The summed E-state index contributed by atoms with van der Waals surface area (Å²) in [5.74, 6) is 0.762. The Morgan fingerprint density at radius 3 is 2.79 bits per heavy atom. The lowest BCUT2D eigenvalue weighted by molar-refractivity contribution is -0.125. The standard InChI is InChI=1S/C22H30N4O3/c1-26-14-18(7-8-19(15-26)25-22(28)17-9-11-23-13-17)21(27)24-12-10-16-5-3-4-6-20(16)29-2/h3-6,9,11,13,18-19,23H,7-8,10,12,14-15H2,1-2H3,(H,24,27)(H,25,28)/t18-,19+/m1/s1. The quantitative estimate of drug-likeness (QED) is 0.664. The van der Waals surface area contributed by atoms with Crippen molar-refractivity contribution < 1.29 is 14.3 Å². The maximum atomic E-state index is 12.7. The Kier molecular flexibility index (Phi) is 7.30. The second-order valence-electron chi connectivity index (χ2n) is 7.62. The van der Waals surface area contributed by atoms with Crippen molar-refractivity contribution >= 4 is 11.8 Å². The van der Waals surface area contributed by atoms with Crippen molar-refractivity contribution in [2.75, 3.05) is 33.8 Å². The van der Waals surface area contributed by atoms with Crippen LogP contribution in [0.3, 0.4) is 0 Å². The average molecular weight is 399 g/mol. The third-order valence-corrected chi connectivity index (χ3v) is 5.38. The number of likely N-dealkylation sites (N-methyl/N-ethyl adjacent to an activating group) is 1. The van der Waals surface area contributed by atoms with Crippen LogP contribution >= 0.6 is 0 Å². The van der Waals surface area contributed by atoms with Gasteiger partial charge in [0, 0.05) is 38.1 Å². The summed E-state index contributed by atoms with van der Waals surface area (Å²) in [5, 5.41) is 6.15. The summed E-state index contributed by atoms with van der Waals surface area (Å²) >= 11 is 0. The molecule has 2 amide bonds. The Labute approximate surface area is 171 Å². The number of H-pyrrole nitrogens is 1. The molecule has 1 aliphatic heterocycles. The van der Waals surface area contributed by atoms with Gasteiger partial charge in [0.1, 0.15) is 5.75 Å². The van der Waals surface area contributed by atoms with Crippen LogP contribution in [0.2, 0.25) is 0 Å². The van der Waals surface area contributed by atoms with Gasteiger partial charge >= 0.3 is 0 Å². The first-order valence-corrected chi connectivity index (χ1v) is 10.1. The van der Waals surface area contributed by atoms with Crippen LogP contribution in [0.1, 0.15) is 28.8 Å². The van der Waals surface area contributed by atoms with Crippen LogP contribution in [0.25, 0.3) is 0 Å². The van der Waals surface area contributed by atoms with Gasteiger partial charge in [0.05, 0.1) is 18.6 Å². The summed E-state index contributed by atoms with van der Waals surface area (Å²) in [7, 11) is 3.65. The minimum absolute atomic E-state index is 0.0359. The number of nitrogens with one attached hydrogen (secondary N) is 3. The van der Waals surface area contributed by atoms with E-state index in [0.717, 1.165) is 37.1 Å². The van der Waals surface area contributed by atoms with Crippen molar-refractivity contribution in [1.82, 2.24) is 20.5 Å². The largest absolute Gasteiger partial charge is 0.496 e. The van der Waals surface area contributed by atoms with Gasteiger partial charge in [-0.15, -0.1) is 0 Å². The van der Waals surface area contributed by atoms with Gasteiger partial charge in [-0.1, -0.05) is 18.2 Å². The zero-order valence-corrected chi connectivity index (χ0v) is 17.1. The Balaban J connectivity index is 1.48. The number of para-hydroxylation sites is 1. The Bertz CT molecular complexity index is 806. The number of ether oxygens (including phenoxy) is 1. The van der Waals surface area contributed by atoms with Gasteiger partial charge in [0.15, 0.2) is 0 Å². The molecule has 0 radical (unpaired) electrons. The highest BCUT2D eigenvalue weighted by atomic mass is 16.5. The molecule has 1 aromatic carbocycles. The number of carbonyl (C=O) groups excluding carboxylic acids is 2. The number of aromatic amines is 1. The van der Waals surface area contributed by atoms with Crippen molar-refractivity contribution in [3.8, 4) is 5.75 Å². The van der Waals surface area contributed by atoms with Crippen molar-refractivity contribution in [1.29, 1.82) is 0 Å². The fourth-order valence-corrected chi connectivity index (χ4v) is 3.85. The van der Waals surface area contributed by atoms with Crippen LogP contribution in [0, 0.1) is 5.92 Å². The molecule has 0 unspecified atom stereocenters. The summed E-state index contributed by atoms with van der Waals surface area (Å²) in [4.78, 5) is 30.0. The highest BCUT2D eigenvalue weighted by Gasteiger charge is 2.27. The molecular formula is C22H30N4O3. The molecule has 2 atom stereocenters. The van der Waals surface area contributed by atoms with Crippen molar-refractivity contribution in [3.63, 3.8) is 0 Å². The number of carbonyl (C=O) groups is 2. The van der Waals surface area contributed by atoms with Crippen molar-refractivity contribution in [2.45, 2.75) is 25.3 Å². The predicted molar refractivity (Wildman–Crippen MR) is 112 cm³/mol. The summed E-state index contributed by atoms with van der Waals surface area (Å²) in [6.07, 6.45) is 5.69. The van der Waals surface area contributed by atoms with E-state index in [2.05, 4.69) is 20.5 Å². The molecule has 1 aliphatic rings. The molecule has 0 aliphatic carbocycles. The Hall–Kier alpha value is -2.80. The summed E-state index contributed by atoms with van der Waals surface area (Å²) in [5.41, 5.74) is 1.71. The van der Waals surface area contributed by atoms with Gasteiger partial charge in [-0.3, -0.25) is 9.59 Å². The number of hydrogen-bond donors (Lipinski definition) is 3. The normalized spacial score (nSPS) is 19.9. The first-order chi connectivity index (χ1) is 14.1. The fourth-order valence-electron chi connectivity index (χ4n) is 3.85. The molecule has 0 bridgehead atoms.